The molecule has 0 atom stereocenters. The van der Waals surface area contributed by atoms with E-state index in [1.807, 2.05) is 42.6 Å². The molecule has 1 amide bonds. The molecule has 160 valence electrons. The number of rotatable bonds is 12. The molecule has 30 heavy (non-hydrogen) atoms. The molecule has 3 rings (SSSR count). The third kappa shape index (κ3) is 6.52. The Morgan fingerprint density at radius 1 is 1.03 bits per heavy atom. The van der Waals surface area contributed by atoms with Crippen LogP contribution >= 0.6 is 0 Å². The molecule has 0 aliphatic rings. The molecule has 4 N–H and O–H groups in total. The number of H-pyrrole nitrogens is 1. The first-order chi connectivity index (χ1) is 14.7. The van der Waals surface area contributed by atoms with E-state index < -0.39 is 0 Å². The van der Waals surface area contributed by atoms with Gasteiger partial charge in [-0.15, -0.1) is 0 Å². The molecule has 1 heterocycles. The highest BCUT2D eigenvalue weighted by molar-refractivity contribution is 5.90. The van der Waals surface area contributed by atoms with Gasteiger partial charge in [-0.05, 0) is 80.4 Å². The van der Waals surface area contributed by atoms with Gasteiger partial charge < -0.3 is 25.5 Å². The predicted molar refractivity (Wildman–Crippen MR) is 121 cm³/mol. The van der Waals surface area contributed by atoms with E-state index in [0.29, 0.717) is 12.2 Å². The van der Waals surface area contributed by atoms with Crippen molar-refractivity contribution in [1.82, 2.24) is 10.3 Å². The molecular weight excluding hydrogens is 378 g/mol. The molecule has 1 aromatic heterocycles. The lowest BCUT2D eigenvalue weighted by molar-refractivity contribution is -0.116. The number of amides is 1. The summed E-state index contributed by atoms with van der Waals surface area (Å²) in [5.41, 5.74) is 3.07. The Labute approximate surface area is 177 Å². The molecule has 0 aliphatic heterocycles. The maximum atomic E-state index is 12.0. The summed E-state index contributed by atoms with van der Waals surface area (Å²) in [7, 11) is 1.62. The third-order valence-electron chi connectivity index (χ3n) is 5.20. The van der Waals surface area contributed by atoms with Crippen LogP contribution in [0.2, 0.25) is 0 Å². The lowest BCUT2D eigenvalue weighted by Gasteiger charge is -2.07. The first kappa shape index (κ1) is 21.7. The summed E-state index contributed by atoms with van der Waals surface area (Å²) in [6.45, 7) is 1.89. The minimum absolute atomic E-state index is 0.0584. The summed E-state index contributed by atoms with van der Waals surface area (Å²) >= 11 is 0. The van der Waals surface area contributed by atoms with Crippen molar-refractivity contribution >= 4 is 22.5 Å². The maximum absolute atomic E-state index is 12.0. The number of methoxy groups -OCH3 is 1. The quantitative estimate of drug-likeness (QED) is 0.329. The van der Waals surface area contributed by atoms with Crippen molar-refractivity contribution in [2.45, 2.75) is 38.5 Å². The largest absolute Gasteiger partial charge is 0.508 e. The number of carbonyl (C=O) groups excluding carboxylic acids is 1. The monoisotopic (exact) mass is 409 g/mol. The van der Waals surface area contributed by atoms with Gasteiger partial charge in [-0.3, -0.25) is 4.79 Å². The minimum Gasteiger partial charge on any atom is -0.508 e. The standard InChI is InChI=1S/C24H31N3O3/c1-30-21-10-7-19(8-11-21)27-24(29)6-4-2-3-5-14-25-15-13-18-17-26-23-12-9-20(28)16-22(18)23/h7-12,16-17,25-26,28H,2-6,13-15H2,1H3,(H,27,29). The Kier molecular flexibility index (Phi) is 8.15. The van der Waals surface area contributed by atoms with Gasteiger partial charge in [-0.25, -0.2) is 0 Å². The number of ether oxygens (including phenoxy) is 1. The Hall–Kier alpha value is -2.99. The molecule has 0 fully saturated rings. The number of fused-ring (bicyclic) bond motifs is 1. The van der Waals surface area contributed by atoms with E-state index in [2.05, 4.69) is 15.6 Å². The molecule has 0 radical (unpaired) electrons. The number of nitrogens with one attached hydrogen (secondary N) is 3. The molecule has 2 aromatic carbocycles. The van der Waals surface area contributed by atoms with Gasteiger partial charge in [0.15, 0.2) is 0 Å². The fraction of sp³-hybridized carbons (Fsp3) is 0.375. The topological polar surface area (TPSA) is 86.4 Å². The van der Waals surface area contributed by atoms with Crippen LogP contribution in [0, 0.1) is 0 Å². The molecular formula is C24H31N3O3. The maximum Gasteiger partial charge on any atom is 0.224 e. The van der Waals surface area contributed by atoms with Gasteiger partial charge >= 0.3 is 0 Å². The molecule has 0 unspecified atom stereocenters. The summed E-state index contributed by atoms with van der Waals surface area (Å²) in [6, 6.07) is 12.8. The van der Waals surface area contributed by atoms with Crippen molar-refractivity contribution in [3.05, 3.63) is 54.2 Å². The van der Waals surface area contributed by atoms with Crippen LogP contribution in [0.1, 0.15) is 37.7 Å². The van der Waals surface area contributed by atoms with Crippen molar-refractivity contribution in [2.24, 2.45) is 0 Å². The van der Waals surface area contributed by atoms with E-state index in [1.165, 1.54) is 5.56 Å². The summed E-state index contributed by atoms with van der Waals surface area (Å²) in [4.78, 5) is 15.2. The van der Waals surface area contributed by atoms with E-state index >= 15 is 0 Å². The molecule has 3 aromatic rings. The summed E-state index contributed by atoms with van der Waals surface area (Å²) in [5.74, 6) is 1.14. The smallest absolute Gasteiger partial charge is 0.224 e. The average Bonchev–Trinajstić information content (AvgIpc) is 3.15. The van der Waals surface area contributed by atoms with Crippen LogP contribution in [0.15, 0.2) is 48.7 Å². The number of carbonyl (C=O) groups is 1. The lowest BCUT2D eigenvalue weighted by Crippen LogP contribution is -2.18. The molecule has 0 aliphatic carbocycles. The number of hydrogen-bond acceptors (Lipinski definition) is 4. The van der Waals surface area contributed by atoms with Gasteiger partial charge in [-0.2, -0.15) is 0 Å². The van der Waals surface area contributed by atoms with Gasteiger partial charge in [0, 0.05) is 29.2 Å². The Morgan fingerprint density at radius 2 is 1.83 bits per heavy atom. The van der Waals surface area contributed by atoms with Crippen LogP contribution in [0.4, 0.5) is 5.69 Å². The highest BCUT2D eigenvalue weighted by atomic mass is 16.5. The summed E-state index contributed by atoms with van der Waals surface area (Å²) < 4.78 is 5.11. The number of phenolic OH excluding ortho intramolecular Hbond substituents is 1. The van der Waals surface area contributed by atoms with Crippen LogP contribution in [-0.2, 0) is 11.2 Å². The number of aromatic amines is 1. The summed E-state index contributed by atoms with van der Waals surface area (Å²) in [6.07, 6.45) is 7.67. The number of benzene rings is 2. The van der Waals surface area contributed by atoms with Crippen LogP contribution in [0.3, 0.4) is 0 Å². The normalized spacial score (nSPS) is 11.0. The van der Waals surface area contributed by atoms with Gasteiger partial charge in [0.25, 0.3) is 0 Å². The summed E-state index contributed by atoms with van der Waals surface area (Å²) in [5, 5.41) is 17.1. The minimum atomic E-state index is 0.0584. The number of hydrogen-bond donors (Lipinski definition) is 4. The first-order valence-electron chi connectivity index (χ1n) is 10.6. The van der Waals surface area contributed by atoms with Gasteiger partial charge in [0.1, 0.15) is 11.5 Å². The second kappa shape index (κ2) is 11.3. The Morgan fingerprint density at radius 3 is 2.63 bits per heavy atom. The molecule has 6 nitrogen and oxygen atoms in total. The van der Waals surface area contributed by atoms with Crippen LogP contribution in [0.25, 0.3) is 10.9 Å². The van der Waals surface area contributed by atoms with E-state index in [-0.39, 0.29) is 5.91 Å². The zero-order valence-electron chi connectivity index (χ0n) is 17.5. The fourth-order valence-electron chi connectivity index (χ4n) is 3.51. The lowest BCUT2D eigenvalue weighted by atomic mass is 10.1. The second-order valence-electron chi connectivity index (χ2n) is 7.48. The van der Waals surface area contributed by atoms with E-state index in [0.717, 1.165) is 67.5 Å². The van der Waals surface area contributed by atoms with Crippen LogP contribution in [0.5, 0.6) is 11.5 Å². The van der Waals surface area contributed by atoms with Crippen LogP contribution in [-0.4, -0.2) is 36.2 Å². The SMILES string of the molecule is COc1ccc(NC(=O)CCCCCCNCCc2c[nH]c3ccc(O)cc23)cc1. The van der Waals surface area contributed by atoms with E-state index in [4.69, 9.17) is 4.74 Å². The second-order valence-corrected chi connectivity index (χ2v) is 7.48. The van der Waals surface area contributed by atoms with Gasteiger partial charge in [-0.1, -0.05) is 12.8 Å². The Bertz CT molecular complexity index is 935. The van der Waals surface area contributed by atoms with Crippen molar-refractivity contribution < 1.29 is 14.6 Å². The van der Waals surface area contributed by atoms with Crippen molar-refractivity contribution in [1.29, 1.82) is 0 Å². The van der Waals surface area contributed by atoms with Crippen molar-refractivity contribution in [3.63, 3.8) is 0 Å². The predicted octanol–water partition coefficient (Wildman–Crippen LogP) is 4.60. The number of unbranched alkanes of at least 4 members (excludes halogenated alkanes) is 3. The Balaban J connectivity index is 1.22. The number of aromatic hydroxyl groups is 1. The molecule has 0 bridgehead atoms. The number of aromatic nitrogens is 1. The van der Waals surface area contributed by atoms with Crippen molar-refractivity contribution in [3.8, 4) is 11.5 Å². The highest BCUT2D eigenvalue weighted by Crippen LogP contribution is 2.23. The van der Waals surface area contributed by atoms with Gasteiger partial charge in [0.2, 0.25) is 5.91 Å². The first-order valence-corrected chi connectivity index (χ1v) is 10.6. The number of phenols is 1. The molecule has 6 heteroatoms. The van der Waals surface area contributed by atoms with Crippen LogP contribution < -0.4 is 15.4 Å². The number of anilines is 1. The van der Waals surface area contributed by atoms with Gasteiger partial charge in [0.05, 0.1) is 7.11 Å². The zero-order chi connectivity index (χ0) is 21.2. The fourth-order valence-corrected chi connectivity index (χ4v) is 3.51. The molecule has 0 saturated carbocycles. The molecule has 0 saturated heterocycles. The third-order valence-corrected chi connectivity index (χ3v) is 5.20. The average molecular weight is 410 g/mol. The highest BCUT2D eigenvalue weighted by Gasteiger charge is 2.05. The molecule has 0 spiro atoms. The van der Waals surface area contributed by atoms with E-state index in [1.54, 1.807) is 13.2 Å². The van der Waals surface area contributed by atoms with E-state index in [9.17, 15) is 9.90 Å². The zero-order valence-corrected chi connectivity index (χ0v) is 17.5. The van der Waals surface area contributed by atoms with Crippen molar-refractivity contribution in [2.75, 3.05) is 25.5 Å².